The molecule has 1 aliphatic heterocycles. The van der Waals surface area contributed by atoms with Crippen molar-refractivity contribution in [3.05, 3.63) is 47.2 Å². The molecule has 0 amide bonds. The summed E-state index contributed by atoms with van der Waals surface area (Å²) in [7, 11) is -1.73. The Kier molecular flexibility index (Phi) is 4.43. The summed E-state index contributed by atoms with van der Waals surface area (Å²) >= 11 is 0. The van der Waals surface area contributed by atoms with E-state index in [-0.39, 0.29) is 17.5 Å². The van der Waals surface area contributed by atoms with Gasteiger partial charge in [0.15, 0.2) is 15.5 Å². The highest BCUT2D eigenvalue weighted by atomic mass is 32.2. The summed E-state index contributed by atoms with van der Waals surface area (Å²) < 4.78 is 31.1. The van der Waals surface area contributed by atoms with Gasteiger partial charge in [-0.05, 0) is 32.3 Å². The van der Waals surface area contributed by atoms with E-state index in [0.717, 1.165) is 29.7 Å². The van der Waals surface area contributed by atoms with E-state index in [1.807, 2.05) is 37.3 Å². The van der Waals surface area contributed by atoms with Crippen molar-refractivity contribution in [2.24, 2.45) is 0 Å². The van der Waals surface area contributed by atoms with Gasteiger partial charge in [0.25, 0.3) is 0 Å². The number of benzene rings is 1. The highest BCUT2D eigenvalue weighted by Gasteiger charge is 2.34. The van der Waals surface area contributed by atoms with Gasteiger partial charge in [0.05, 0.1) is 35.6 Å². The summed E-state index contributed by atoms with van der Waals surface area (Å²) in [5, 5.41) is 5.44. The van der Waals surface area contributed by atoms with Crippen molar-refractivity contribution in [3.63, 3.8) is 0 Å². The molecule has 0 bridgehead atoms. The molecule has 0 radical (unpaired) electrons. The predicted molar refractivity (Wildman–Crippen MR) is 113 cm³/mol. The quantitative estimate of drug-likeness (QED) is 0.595. The van der Waals surface area contributed by atoms with E-state index >= 15 is 0 Å². The molecule has 3 aromatic rings. The van der Waals surface area contributed by atoms with Crippen molar-refractivity contribution >= 4 is 26.8 Å². The Bertz CT molecular complexity index is 1260. The first-order valence-electron chi connectivity index (χ1n) is 10.2. The van der Waals surface area contributed by atoms with Crippen LogP contribution in [0.15, 0.2) is 30.3 Å². The Morgan fingerprint density at radius 3 is 2.50 bits per heavy atom. The van der Waals surface area contributed by atoms with E-state index in [0.29, 0.717) is 34.6 Å². The maximum absolute atomic E-state index is 12.7. The molecule has 1 atom stereocenters. The number of aryl methyl sites for hydroxylation is 1. The first-order valence-corrected chi connectivity index (χ1v) is 12.0. The average molecular weight is 426 g/mol. The van der Waals surface area contributed by atoms with Gasteiger partial charge in [-0.2, -0.15) is 5.10 Å². The van der Waals surface area contributed by atoms with E-state index in [1.54, 1.807) is 4.68 Å². The highest BCUT2D eigenvalue weighted by molar-refractivity contribution is 7.91. The van der Waals surface area contributed by atoms with E-state index in [4.69, 9.17) is 14.8 Å². The van der Waals surface area contributed by atoms with Gasteiger partial charge >= 0.3 is 5.97 Å². The standard InChI is InChI=1S/C22H23N3O4S/c1-13-3-5-15(6-4-13)20-19-17(22(26)29-2)11-18(14-7-8-14)23-21(19)25(24-20)16-9-10-30(27,28)12-16/h3-6,11,14,16H,7-10,12H2,1-2H3/t16-/m1/s1. The second kappa shape index (κ2) is 6.91. The maximum Gasteiger partial charge on any atom is 0.338 e. The van der Waals surface area contributed by atoms with Crippen molar-refractivity contribution in [1.82, 2.24) is 14.8 Å². The van der Waals surface area contributed by atoms with Crippen molar-refractivity contribution in [2.45, 2.75) is 38.1 Å². The Morgan fingerprint density at radius 2 is 1.90 bits per heavy atom. The molecule has 1 saturated heterocycles. The van der Waals surface area contributed by atoms with Gasteiger partial charge in [-0.15, -0.1) is 0 Å². The third-order valence-corrected chi connectivity index (χ3v) is 7.71. The van der Waals surface area contributed by atoms with Crippen LogP contribution in [0.1, 0.15) is 52.8 Å². The average Bonchev–Trinajstić information content (AvgIpc) is 3.42. The van der Waals surface area contributed by atoms with Crippen molar-refractivity contribution in [1.29, 1.82) is 0 Å². The largest absolute Gasteiger partial charge is 0.465 e. The fourth-order valence-corrected chi connectivity index (χ4v) is 5.84. The highest BCUT2D eigenvalue weighted by Crippen LogP contribution is 2.42. The lowest BCUT2D eigenvalue weighted by Gasteiger charge is -2.11. The second-order valence-electron chi connectivity index (χ2n) is 8.28. The molecule has 3 heterocycles. The van der Waals surface area contributed by atoms with Gasteiger partial charge in [-0.1, -0.05) is 29.8 Å². The zero-order valence-corrected chi connectivity index (χ0v) is 17.8. The van der Waals surface area contributed by atoms with Gasteiger partial charge in [-0.3, -0.25) is 0 Å². The van der Waals surface area contributed by atoms with Crippen LogP contribution in [0.4, 0.5) is 0 Å². The number of hydrogen-bond acceptors (Lipinski definition) is 6. The van der Waals surface area contributed by atoms with Crippen LogP contribution in [-0.4, -0.2) is 47.8 Å². The Morgan fingerprint density at radius 1 is 1.17 bits per heavy atom. The van der Waals surface area contributed by atoms with Crippen LogP contribution >= 0.6 is 0 Å². The number of carbonyl (C=O) groups excluding carboxylic acids is 1. The number of fused-ring (bicyclic) bond motifs is 1. The monoisotopic (exact) mass is 425 g/mol. The van der Waals surface area contributed by atoms with Crippen LogP contribution in [0.5, 0.6) is 0 Å². The number of rotatable bonds is 4. The van der Waals surface area contributed by atoms with Crippen molar-refractivity contribution in [2.75, 3.05) is 18.6 Å². The zero-order chi connectivity index (χ0) is 21.0. The maximum atomic E-state index is 12.7. The second-order valence-corrected chi connectivity index (χ2v) is 10.5. The van der Waals surface area contributed by atoms with Crippen LogP contribution in [0, 0.1) is 6.92 Å². The summed E-state index contributed by atoms with van der Waals surface area (Å²) in [5.41, 5.74) is 4.46. The lowest BCUT2D eigenvalue weighted by Crippen LogP contribution is -2.13. The fraction of sp³-hybridized carbons (Fsp3) is 0.409. The fourth-order valence-electron chi connectivity index (χ4n) is 4.15. The van der Waals surface area contributed by atoms with Crippen molar-refractivity contribution in [3.8, 4) is 11.3 Å². The molecule has 8 heteroatoms. The molecule has 2 aromatic heterocycles. The summed E-state index contributed by atoms with van der Waals surface area (Å²) in [6.45, 7) is 2.01. The molecule has 0 unspecified atom stereocenters. The predicted octanol–water partition coefficient (Wildman–Crippen LogP) is 3.43. The number of sulfone groups is 1. The minimum absolute atomic E-state index is 0.0417. The summed E-state index contributed by atoms with van der Waals surface area (Å²) in [6.07, 6.45) is 2.57. The Labute approximate surface area is 175 Å². The van der Waals surface area contributed by atoms with Crippen LogP contribution < -0.4 is 0 Å². The van der Waals surface area contributed by atoms with Gasteiger partial charge in [0, 0.05) is 17.2 Å². The number of nitrogens with zero attached hydrogens (tertiary/aromatic N) is 3. The molecule has 7 nitrogen and oxygen atoms in total. The minimum Gasteiger partial charge on any atom is -0.465 e. The third kappa shape index (κ3) is 3.29. The van der Waals surface area contributed by atoms with Gasteiger partial charge in [0.1, 0.15) is 5.69 Å². The number of pyridine rings is 1. The summed E-state index contributed by atoms with van der Waals surface area (Å²) in [6, 6.07) is 9.43. The molecule has 30 heavy (non-hydrogen) atoms. The molecule has 2 fully saturated rings. The number of esters is 1. The van der Waals surface area contributed by atoms with E-state index in [9.17, 15) is 13.2 Å². The first-order chi connectivity index (χ1) is 14.4. The van der Waals surface area contributed by atoms with E-state index in [2.05, 4.69) is 0 Å². The van der Waals surface area contributed by atoms with Gasteiger partial charge < -0.3 is 4.74 Å². The summed E-state index contributed by atoms with van der Waals surface area (Å²) in [5.74, 6) is 0.0815. The smallest absolute Gasteiger partial charge is 0.338 e. The van der Waals surface area contributed by atoms with Crippen LogP contribution in [0.25, 0.3) is 22.3 Å². The molecule has 1 saturated carbocycles. The minimum atomic E-state index is -3.10. The Balaban J connectivity index is 1.80. The van der Waals surface area contributed by atoms with Gasteiger partial charge in [-0.25, -0.2) is 22.9 Å². The molecular weight excluding hydrogens is 402 g/mol. The van der Waals surface area contributed by atoms with E-state index < -0.39 is 15.8 Å². The number of aromatic nitrogens is 3. The lowest BCUT2D eigenvalue weighted by molar-refractivity contribution is 0.0602. The SMILES string of the molecule is COC(=O)c1cc(C2CC2)nc2c1c(-c1ccc(C)cc1)nn2[C@@H]1CCS(=O)(=O)C1. The first kappa shape index (κ1) is 19.2. The van der Waals surface area contributed by atoms with Gasteiger partial charge in [0.2, 0.25) is 0 Å². The molecule has 1 aromatic carbocycles. The molecule has 2 aliphatic rings. The third-order valence-electron chi connectivity index (χ3n) is 5.96. The topological polar surface area (TPSA) is 91.2 Å². The molecular formula is C22H23N3O4S. The summed E-state index contributed by atoms with van der Waals surface area (Å²) in [4.78, 5) is 17.6. The zero-order valence-electron chi connectivity index (χ0n) is 17.0. The van der Waals surface area contributed by atoms with Crippen LogP contribution in [-0.2, 0) is 14.6 Å². The number of methoxy groups -OCH3 is 1. The molecule has 1 aliphatic carbocycles. The number of ether oxygens (including phenoxy) is 1. The number of carbonyl (C=O) groups is 1. The van der Waals surface area contributed by atoms with Crippen LogP contribution in [0.3, 0.4) is 0 Å². The lowest BCUT2D eigenvalue weighted by atomic mass is 10.0. The van der Waals surface area contributed by atoms with Crippen LogP contribution in [0.2, 0.25) is 0 Å². The number of hydrogen-bond donors (Lipinski definition) is 0. The molecule has 5 rings (SSSR count). The Hall–Kier alpha value is -2.74. The van der Waals surface area contributed by atoms with E-state index in [1.165, 1.54) is 7.11 Å². The molecule has 156 valence electrons. The van der Waals surface area contributed by atoms with Crippen molar-refractivity contribution < 1.29 is 17.9 Å². The molecule has 0 spiro atoms. The normalized spacial score (nSPS) is 20.5. The molecule has 0 N–H and O–H groups in total.